The zero-order chi connectivity index (χ0) is 15.4. The van der Waals surface area contributed by atoms with Crippen molar-refractivity contribution in [3.63, 3.8) is 0 Å². The lowest BCUT2D eigenvalue weighted by atomic mass is 9.85. The molecule has 2 unspecified atom stereocenters. The second kappa shape index (κ2) is 11.9. The summed E-state index contributed by atoms with van der Waals surface area (Å²) in [5, 5.41) is 0. The Labute approximate surface area is 168 Å². The second-order valence-electron chi connectivity index (χ2n) is 6.55. The van der Waals surface area contributed by atoms with Crippen molar-refractivity contribution in [1.29, 1.82) is 0 Å². The summed E-state index contributed by atoms with van der Waals surface area (Å²) in [6.07, 6.45) is 5.88. The number of rotatable bonds is 3. The number of pyridine rings is 1. The smallest absolute Gasteiger partial charge is 0.225 e. The molecule has 1 aliphatic carbocycles. The molecule has 25 heavy (non-hydrogen) atoms. The van der Waals surface area contributed by atoms with Crippen LogP contribution in [0.4, 0.5) is 0 Å². The van der Waals surface area contributed by atoms with Gasteiger partial charge in [0.2, 0.25) is 5.91 Å². The minimum Gasteiger partial charge on any atom is -0.340 e. The topological polar surface area (TPSA) is 62.5 Å². The molecule has 0 aromatic carbocycles. The molecule has 1 aromatic heterocycles. The van der Waals surface area contributed by atoms with E-state index < -0.39 is 0 Å². The Kier molecular flexibility index (Phi) is 11.6. The van der Waals surface area contributed by atoms with Gasteiger partial charge in [0.1, 0.15) is 0 Å². The SMILES string of the molecule is Cl.Cl.Cl.NC1CCCC(C(=O)N2CCN(Cc3ccccn3)CC2)C1. The van der Waals surface area contributed by atoms with Crippen LogP contribution in [0.1, 0.15) is 31.4 Å². The molecular formula is C17H29Cl3N4O. The molecule has 1 amide bonds. The highest BCUT2D eigenvalue weighted by atomic mass is 35.5. The summed E-state index contributed by atoms with van der Waals surface area (Å²) >= 11 is 0. The highest BCUT2D eigenvalue weighted by molar-refractivity contribution is 5.86. The Morgan fingerprint density at radius 2 is 1.84 bits per heavy atom. The van der Waals surface area contributed by atoms with E-state index in [4.69, 9.17) is 5.73 Å². The predicted molar refractivity (Wildman–Crippen MR) is 108 cm³/mol. The van der Waals surface area contributed by atoms with Crippen molar-refractivity contribution in [1.82, 2.24) is 14.8 Å². The number of hydrogen-bond donors (Lipinski definition) is 1. The van der Waals surface area contributed by atoms with Gasteiger partial charge in [0.05, 0.1) is 5.69 Å². The number of nitrogens with zero attached hydrogens (tertiary/aromatic N) is 3. The number of halogens is 3. The summed E-state index contributed by atoms with van der Waals surface area (Å²) in [5.74, 6) is 0.485. The first-order chi connectivity index (χ1) is 10.7. The van der Waals surface area contributed by atoms with Gasteiger partial charge < -0.3 is 10.6 Å². The van der Waals surface area contributed by atoms with Gasteiger partial charge in [-0.2, -0.15) is 0 Å². The summed E-state index contributed by atoms with van der Waals surface area (Å²) in [6, 6.07) is 6.23. The molecular weight excluding hydrogens is 383 g/mol. The summed E-state index contributed by atoms with van der Waals surface area (Å²) < 4.78 is 0. The second-order valence-corrected chi connectivity index (χ2v) is 6.55. The van der Waals surface area contributed by atoms with Crippen LogP contribution in [0.15, 0.2) is 24.4 Å². The molecule has 2 N–H and O–H groups in total. The highest BCUT2D eigenvalue weighted by Crippen LogP contribution is 2.25. The minimum absolute atomic E-state index is 0. The number of aromatic nitrogens is 1. The molecule has 1 aromatic rings. The Morgan fingerprint density at radius 3 is 2.44 bits per heavy atom. The van der Waals surface area contributed by atoms with E-state index in [0.29, 0.717) is 5.91 Å². The van der Waals surface area contributed by atoms with Gasteiger partial charge in [-0.3, -0.25) is 14.7 Å². The zero-order valence-electron chi connectivity index (χ0n) is 14.4. The molecule has 0 radical (unpaired) electrons. The monoisotopic (exact) mass is 410 g/mol. The molecule has 2 heterocycles. The Hall–Kier alpha value is -0.590. The Balaban J connectivity index is 0.00000192. The fourth-order valence-electron chi connectivity index (χ4n) is 3.56. The third-order valence-corrected chi connectivity index (χ3v) is 4.86. The molecule has 0 bridgehead atoms. The first kappa shape index (κ1) is 24.4. The first-order valence-electron chi connectivity index (χ1n) is 8.39. The van der Waals surface area contributed by atoms with E-state index in [1.165, 1.54) is 0 Å². The Morgan fingerprint density at radius 1 is 1.12 bits per heavy atom. The van der Waals surface area contributed by atoms with Crippen LogP contribution in [0.5, 0.6) is 0 Å². The molecule has 1 saturated carbocycles. The van der Waals surface area contributed by atoms with E-state index in [-0.39, 0.29) is 49.2 Å². The van der Waals surface area contributed by atoms with Gasteiger partial charge in [-0.15, -0.1) is 37.2 Å². The van der Waals surface area contributed by atoms with E-state index in [0.717, 1.165) is 64.1 Å². The van der Waals surface area contributed by atoms with E-state index in [9.17, 15) is 4.79 Å². The van der Waals surface area contributed by atoms with Gasteiger partial charge in [-0.25, -0.2) is 0 Å². The normalized spacial score (nSPS) is 23.6. The third-order valence-electron chi connectivity index (χ3n) is 4.86. The number of piperazine rings is 1. The average molecular weight is 412 g/mol. The van der Waals surface area contributed by atoms with Crippen LogP contribution in [0.25, 0.3) is 0 Å². The summed E-state index contributed by atoms with van der Waals surface area (Å²) in [4.78, 5) is 21.4. The molecule has 2 aliphatic rings. The standard InChI is InChI=1S/C17H26N4O.3ClH/c18-15-5-3-4-14(12-15)17(22)21-10-8-20(9-11-21)13-16-6-1-2-7-19-16;;;/h1-2,6-7,14-15H,3-5,8-13,18H2;3*1H. The number of nitrogens with two attached hydrogens (primary N) is 1. The highest BCUT2D eigenvalue weighted by Gasteiger charge is 2.30. The van der Waals surface area contributed by atoms with Crippen LogP contribution in [0.3, 0.4) is 0 Å². The van der Waals surface area contributed by atoms with Crippen LogP contribution in [-0.4, -0.2) is 52.9 Å². The predicted octanol–water partition coefficient (Wildman–Crippen LogP) is 2.51. The Bertz CT molecular complexity index is 498. The van der Waals surface area contributed by atoms with Gasteiger partial charge in [0.15, 0.2) is 0 Å². The summed E-state index contributed by atoms with van der Waals surface area (Å²) in [6.45, 7) is 4.40. The number of carbonyl (C=O) groups excluding carboxylic acids is 1. The maximum absolute atomic E-state index is 12.6. The minimum atomic E-state index is 0. The molecule has 3 rings (SSSR count). The number of carbonyl (C=O) groups is 1. The average Bonchev–Trinajstić information content (AvgIpc) is 2.56. The van der Waals surface area contributed by atoms with Crippen molar-refractivity contribution in [2.75, 3.05) is 26.2 Å². The van der Waals surface area contributed by atoms with E-state index >= 15 is 0 Å². The lowest BCUT2D eigenvalue weighted by molar-refractivity contribution is -0.138. The first-order valence-corrected chi connectivity index (χ1v) is 8.39. The largest absolute Gasteiger partial charge is 0.340 e. The fraction of sp³-hybridized carbons (Fsp3) is 0.647. The van der Waals surface area contributed by atoms with Gasteiger partial charge >= 0.3 is 0 Å². The lowest BCUT2D eigenvalue weighted by Crippen LogP contribution is -2.51. The summed E-state index contributed by atoms with van der Waals surface area (Å²) in [7, 11) is 0. The van der Waals surface area contributed by atoms with E-state index in [2.05, 4.69) is 16.0 Å². The van der Waals surface area contributed by atoms with Crippen molar-refractivity contribution < 1.29 is 4.79 Å². The van der Waals surface area contributed by atoms with E-state index in [1.54, 1.807) is 0 Å². The molecule has 1 aliphatic heterocycles. The zero-order valence-corrected chi connectivity index (χ0v) is 16.8. The van der Waals surface area contributed by atoms with Crippen LogP contribution < -0.4 is 5.73 Å². The van der Waals surface area contributed by atoms with Gasteiger partial charge in [-0.05, 0) is 31.4 Å². The maximum Gasteiger partial charge on any atom is 0.225 e. The lowest BCUT2D eigenvalue weighted by Gasteiger charge is -2.37. The molecule has 2 fully saturated rings. The molecule has 2 atom stereocenters. The fourth-order valence-corrected chi connectivity index (χ4v) is 3.56. The molecule has 0 spiro atoms. The van der Waals surface area contributed by atoms with Crippen molar-refractivity contribution in [2.24, 2.45) is 11.7 Å². The van der Waals surface area contributed by atoms with Crippen molar-refractivity contribution in [2.45, 2.75) is 38.3 Å². The quantitative estimate of drug-likeness (QED) is 0.830. The van der Waals surface area contributed by atoms with Crippen molar-refractivity contribution >= 4 is 43.1 Å². The van der Waals surface area contributed by atoms with Crippen molar-refractivity contribution in [3.05, 3.63) is 30.1 Å². The van der Waals surface area contributed by atoms with Crippen LogP contribution in [0.2, 0.25) is 0 Å². The molecule has 1 saturated heterocycles. The molecule has 8 heteroatoms. The molecule has 5 nitrogen and oxygen atoms in total. The van der Waals surface area contributed by atoms with E-state index in [1.807, 2.05) is 23.2 Å². The van der Waals surface area contributed by atoms with Crippen LogP contribution in [0, 0.1) is 5.92 Å². The van der Waals surface area contributed by atoms with Crippen LogP contribution >= 0.6 is 37.2 Å². The van der Waals surface area contributed by atoms with Gasteiger partial charge in [-0.1, -0.05) is 12.5 Å². The summed E-state index contributed by atoms with van der Waals surface area (Å²) in [5.41, 5.74) is 7.11. The van der Waals surface area contributed by atoms with Gasteiger partial charge in [0.25, 0.3) is 0 Å². The number of hydrogen-bond acceptors (Lipinski definition) is 4. The number of amides is 1. The molecule has 144 valence electrons. The van der Waals surface area contributed by atoms with Crippen molar-refractivity contribution in [3.8, 4) is 0 Å². The van der Waals surface area contributed by atoms with Crippen LogP contribution in [-0.2, 0) is 11.3 Å². The maximum atomic E-state index is 12.6. The third kappa shape index (κ3) is 6.91. The van der Waals surface area contributed by atoms with Gasteiger partial charge in [0, 0.05) is 50.9 Å².